The van der Waals surface area contributed by atoms with Gasteiger partial charge in [0.05, 0.1) is 6.42 Å². The number of ether oxygens (including phenoxy) is 3. The number of rotatable bonds is 6. The number of halogens is 1. The molecule has 6 nitrogen and oxygen atoms in total. The fourth-order valence-corrected chi connectivity index (χ4v) is 3.38. The van der Waals surface area contributed by atoms with Crippen LogP contribution in [-0.2, 0) is 11.2 Å². The molecule has 0 spiro atoms. The van der Waals surface area contributed by atoms with Gasteiger partial charge in [-0.25, -0.2) is 4.39 Å². The Bertz CT molecular complexity index is 820. The average Bonchev–Trinajstić information content (AvgIpc) is 3.18. The minimum atomic E-state index is -0.270. The molecule has 0 aliphatic carbocycles. The number of hydrogen-bond donors (Lipinski definition) is 0. The zero-order valence-corrected chi connectivity index (χ0v) is 15.6. The van der Waals surface area contributed by atoms with Gasteiger partial charge in [-0.05, 0) is 42.0 Å². The fraction of sp³-hybridized carbons (Fsp3) is 0.381. The molecule has 0 saturated carbocycles. The van der Waals surface area contributed by atoms with E-state index in [-0.39, 0.29) is 18.5 Å². The normalized spacial score (nSPS) is 16.2. The highest BCUT2D eigenvalue weighted by molar-refractivity contribution is 5.79. The maximum absolute atomic E-state index is 12.9. The van der Waals surface area contributed by atoms with Crippen LogP contribution in [0.5, 0.6) is 17.2 Å². The van der Waals surface area contributed by atoms with E-state index in [1.165, 1.54) is 12.1 Å². The molecular weight excluding hydrogens is 363 g/mol. The van der Waals surface area contributed by atoms with E-state index in [0.29, 0.717) is 37.6 Å². The minimum absolute atomic E-state index is 0.126. The Morgan fingerprint density at radius 2 is 1.75 bits per heavy atom. The smallest absolute Gasteiger partial charge is 0.231 e. The van der Waals surface area contributed by atoms with Gasteiger partial charge in [-0.2, -0.15) is 0 Å². The van der Waals surface area contributed by atoms with Gasteiger partial charge >= 0.3 is 0 Å². The molecule has 0 radical (unpaired) electrons. The molecule has 148 valence electrons. The molecule has 2 aliphatic heterocycles. The Hall–Kier alpha value is -2.80. The number of carbonyl (C=O) groups is 1. The number of hydrogen-bond acceptors (Lipinski definition) is 5. The van der Waals surface area contributed by atoms with E-state index in [0.717, 1.165) is 30.9 Å². The zero-order valence-electron chi connectivity index (χ0n) is 15.6. The van der Waals surface area contributed by atoms with Crippen LogP contribution in [0.2, 0.25) is 0 Å². The Balaban J connectivity index is 1.19. The molecule has 2 aromatic carbocycles. The van der Waals surface area contributed by atoms with Gasteiger partial charge in [-0.1, -0.05) is 6.07 Å². The first-order chi connectivity index (χ1) is 13.7. The number of carbonyl (C=O) groups excluding carboxylic acids is 1. The van der Waals surface area contributed by atoms with Crippen LogP contribution in [0.15, 0.2) is 42.5 Å². The van der Waals surface area contributed by atoms with E-state index in [1.807, 2.05) is 23.1 Å². The van der Waals surface area contributed by atoms with Crippen molar-refractivity contribution in [1.29, 1.82) is 0 Å². The highest BCUT2D eigenvalue weighted by Gasteiger charge is 2.22. The summed E-state index contributed by atoms with van der Waals surface area (Å²) in [5.74, 6) is 1.96. The van der Waals surface area contributed by atoms with E-state index in [9.17, 15) is 9.18 Å². The molecule has 1 amide bonds. The van der Waals surface area contributed by atoms with Gasteiger partial charge in [-0.15, -0.1) is 0 Å². The van der Waals surface area contributed by atoms with Crippen LogP contribution in [0.4, 0.5) is 4.39 Å². The Labute approximate surface area is 163 Å². The summed E-state index contributed by atoms with van der Waals surface area (Å²) in [6, 6.07) is 11.7. The third-order valence-corrected chi connectivity index (χ3v) is 5.01. The van der Waals surface area contributed by atoms with Crippen molar-refractivity contribution in [3.05, 3.63) is 53.8 Å². The highest BCUT2D eigenvalue weighted by atomic mass is 19.1. The lowest BCUT2D eigenvalue weighted by Gasteiger charge is -2.34. The van der Waals surface area contributed by atoms with Gasteiger partial charge in [0.1, 0.15) is 18.2 Å². The largest absolute Gasteiger partial charge is 0.492 e. The quantitative estimate of drug-likeness (QED) is 0.763. The second kappa shape index (κ2) is 8.48. The summed E-state index contributed by atoms with van der Waals surface area (Å²) in [5.41, 5.74) is 0.935. The predicted molar refractivity (Wildman–Crippen MR) is 101 cm³/mol. The summed E-state index contributed by atoms with van der Waals surface area (Å²) in [6.45, 7) is 4.61. The molecule has 1 fully saturated rings. The number of piperazine rings is 1. The molecule has 28 heavy (non-hydrogen) atoms. The number of nitrogens with zero attached hydrogens (tertiary/aromatic N) is 2. The van der Waals surface area contributed by atoms with Crippen LogP contribution in [0, 0.1) is 5.82 Å². The lowest BCUT2D eigenvalue weighted by Crippen LogP contribution is -2.49. The van der Waals surface area contributed by atoms with Crippen molar-refractivity contribution in [1.82, 2.24) is 9.80 Å². The Kier molecular flexibility index (Phi) is 5.62. The number of fused-ring (bicyclic) bond motifs is 1. The lowest BCUT2D eigenvalue weighted by molar-refractivity contribution is -0.132. The first-order valence-corrected chi connectivity index (χ1v) is 9.44. The SMILES string of the molecule is O=C(Cc1ccc2c(c1)OCO2)N1CCN(CCOc2ccc(F)cc2)CC1. The Morgan fingerprint density at radius 1 is 1.00 bits per heavy atom. The molecule has 4 rings (SSSR count). The topological polar surface area (TPSA) is 51.2 Å². The van der Waals surface area contributed by atoms with Gasteiger partial charge in [0.25, 0.3) is 0 Å². The first-order valence-electron chi connectivity index (χ1n) is 9.44. The van der Waals surface area contributed by atoms with Crippen molar-refractivity contribution in [3.63, 3.8) is 0 Å². The highest BCUT2D eigenvalue weighted by Crippen LogP contribution is 2.32. The van der Waals surface area contributed by atoms with Crippen molar-refractivity contribution in [2.45, 2.75) is 6.42 Å². The minimum Gasteiger partial charge on any atom is -0.492 e. The molecule has 2 heterocycles. The average molecular weight is 386 g/mol. The molecule has 0 bridgehead atoms. The molecule has 2 aliphatic rings. The molecule has 2 aromatic rings. The standard InChI is InChI=1S/C21H23FN2O4/c22-17-2-4-18(5-3-17)26-12-11-23-7-9-24(10-8-23)21(25)14-16-1-6-19-20(13-16)28-15-27-19/h1-6,13H,7-12,14-15H2. The maximum atomic E-state index is 12.9. The van der Waals surface area contributed by atoms with Gasteiger partial charge in [-0.3, -0.25) is 9.69 Å². The molecule has 7 heteroatoms. The molecule has 0 atom stereocenters. The van der Waals surface area contributed by atoms with Crippen molar-refractivity contribution >= 4 is 5.91 Å². The van der Waals surface area contributed by atoms with E-state index in [2.05, 4.69) is 4.90 Å². The monoisotopic (exact) mass is 386 g/mol. The van der Waals surface area contributed by atoms with E-state index in [1.54, 1.807) is 12.1 Å². The summed E-state index contributed by atoms with van der Waals surface area (Å²) in [4.78, 5) is 16.8. The molecule has 0 unspecified atom stereocenters. The molecular formula is C21H23FN2O4. The maximum Gasteiger partial charge on any atom is 0.231 e. The van der Waals surface area contributed by atoms with Gasteiger partial charge in [0.2, 0.25) is 12.7 Å². The van der Waals surface area contributed by atoms with Crippen LogP contribution >= 0.6 is 0 Å². The van der Waals surface area contributed by atoms with Gasteiger partial charge in [0, 0.05) is 32.7 Å². The van der Waals surface area contributed by atoms with Crippen LogP contribution in [0.25, 0.3) is 0 Å². The fourth-order valence-electron chi connectivity index (χ4n) is 3.38. The van der Waals surface area contributed by atoms with E-state index < -0.39 is 0 Å². The summed E-state index contributed by atoms with van der Waals surface area (Å²) in [6.07, 6.45) is 0.365. The molecule has 1 saturated heterocycles. The van der Waals surface area contributed by atoms with Gasteiger partial charge < -0.3 is 19.1 Å². The summed E-state index contributed by atoms with van der Waals surface area (Å²) in [5, 5.41) is 0. The van der Waals surface area contributed by atoms with E-state index in [4.69, 9.17) is 14.2 Å². The third kappa shape index (κ3) is 4.54. The van der Waals surface area contributed by atoms with Crippen LogP contribution in [-0.4, -0.2) is 61.8 Å². The predicted octanol–water partition coefficient (Wildman–Crippen LogP) is 2.32. The van der Waals surface area contributed by atoms with Crippen LogP contribution in [0.3, 0.4) is 0 Å². The second-order valence-corrected chi connectivity index (χ2v) is 6.89. The second-order valence-electron chi connectivity index (χ2n) is 6.89. The summed E-state index contributed by atoms with van der Waals surface area (Å²) >= 11 is 0. The van der Waals surface area contributed by atoms with Crippen LogP contribution in [0.1, 0.15) is 5.56 Å². The lowest BCUT2D eigenvalue weighted by atomic mass is 10.1. The van der Waals surface area contributed by atoms with Crippen molar-refractivity contribution in [2.24, 2.45) is 0 Å². The Morgan fingerprint density at radius 3 is 2.54 bits per heavy atom. The third-order valence-electron chi connectivity index (χ3n) is 5.01. The first kappa shape index (κ1) is 18.6. The zero-order chi connectivity index (χ0) is 19.3. The molecule has 0 aromatic heterocycles. The van der Waals surface area contributed by atoms with Crippen LogP contribution < -0.4 is 14.2 Å². The van der Waals surface area contributed by atoms with Crippen molar-refractivity contribution in [2.75, 3.05) is 46.1 Å². The number of amides is 1. The van der Waals surface area contributed by atoms with Crippen molar-refractivity contribution < 1.29 is 23.4 Å². The van der Waals surface area contributed by atoms with Crippen molar-refractivity contribution in [3.8, 4) is 17.2 Å². The van der Waals surface area contributed by atoms with Gasteiger partial charge in [0.15, 0.2) is 11.5 Å². The summed E-state index contributed by atoms with van der Waals surface area (Å²) < 4.78 is 29.2. The molecule has 0 N–H and O–H groups in total. The van der Waals surface area contributed by atoms with E-state index >= 15 is 0 Å². The number of benzene rings is 2. The summed E-state index contributed by atoms with van der Waals surface area (Å²) in [7, 11) is 0.